The molecule has 0 bridgehead atoms. The molecule has 0 unspecified atom stereocenters. The number of alkyl carbamates (subject to hydrolysis) is 1. The molecule has 0 radical (unpaired) electrons. The summed E-state index contributed by atoms with van der Waals surface area (Å²) in [5.74, 6) is 0.397. The molecule has 0 aromatic carbocycles. The van der Waals surface area contributed by atoms with Crippen molar-refractivity contribution >= 4 is 22.1 Å². The zero-order chi connectivity index (χ0) is 29.9. The number of halogens is 5. The number of hydrogen-bond donors (Lipinski definition) is 2. The van der Waals surface area contributed by atoms with Crippen LogP contribution < -0.4 is 10.6 Å². The summed E-state index contributed by atoms with van der Waals surface area (Å²) < 4.78 is 96.0. The van der Waals surface area contributed by atoms with Gasteiger partial charge in [-0.3, -0.25) is 0 Å². The first kappa shape index (κ1) is 30.9. The summed E-state index contributed by atoms with van der Waals surface area (Å²) in [4.78, 5) is 20.4. The molecule has 2 aromatic rings. The van der Waals surface area contributed by atoms with Gasteiger partial charge in [-0.15, -0.1) is 0 Å². The number of sulfonamides is 1. The summed E-state index contributed by atoms with van der Waals surface area (Å²) in [6, 6.07) is -1.19. The maximum Gasteiger partial charge on any atom is 0.407 e. The van der Waals surface area contributed by atoms with Crippen molar-refractivity contribution < 1.29 is 39.9 Å². The Kier molecular flexibility index (Phi) is 9.35. The first-order valence-electron chi connectivity index (χ1n) is 13.2. The van der Waals surface area contributed by atoms with E-state index >= 15 is 0 Å². The van der Waals surface area contributed by atoms with Gasteiger partial charge in [-0.1, -0.05) is 0 Å². The molecule has 17 heteroatoms. The number of alkyl halides is 5. The van der Waals surface area contributed by atoms with Crippen LogP contribution in [0.25, 0.3) is 0 Å². The zero-order valence-electron chi connectivity index (χ0n) is 22.4. The second-order valence-electron chi connectivity index (χ2n) is 10.4. The summed E-state index contributed by atoms with van der Waals surface area (Å²) in [7, 11) is -3.97. The van der Waals surface area contributed by atoms with Crippen molar-refractivity contribution in [1.29, 1.82) is 0 Å². The number of carbonyl (C=O) groups excluding carboxylic acids is 1. The summed E-state index contributed by atoms with van der Waals surface area (Å²) in [5, 5.41) is 8.99. The van der Waals surface area contributed by atoms with Crippen LogP contribution in [0.4, 0.5) is 32.7 Å². The van der Waals surface area contributed by atoms with Crippen molar-refractivity contribution in [2.24, 2.45) is 0 Å². The largest absolute Gasteiger partial charge is 0.446 e. The van der Waals surface area contributed by atoms with Gasteiger partial charge < -0.3 is 15.4 Å². The fourth-order valence-electron chi connectivity index (χ4n) is 5.14. The Balaban J connectivity index is 1.23. The van der Waals surface area contributed by atoms with E-state index in [0.29, 0.717) is 42.7 Å². The molecular formula is C24H32F5N7O4S. The summed E-state index contributed by atoms with van der Waals surface area (Å²) >= 11 is 0. The van der Waals surface area contributed by atoms with Crippen LogP contribution in [0, 0.1) is 6.92 Å². The number of anilines is 1. The number of nitrogens with one attached hydrogen (secondary N) is 2. The topological polar surface area (TPSA) is 131 Å². The van der Waals surface area contributed by atoms with E-state index in [4.69, 9.17) is 4.74 Å². The maximum absolute atomic E-state index is 13.0. The number of aryl methyl sites for hydroxylation is 1. The number of aromatic nitrogens is 4. The molecule has 1 aliphatic heterocycles. The van der Waals surface area contributed by atoms with Gasteiger partial charge in [0.2, 0.25) is 16.0 Å². The minimum atomic E-state index is -4.38. The Bertz CT molecular complexity index is 1300. The van der Waals surface area contributed by atoms with Gasteiger partial charge in [0.25, 0.3) is 0 Å². The highest BCUT2D eigenvalue weighted by atomic mass is 32.2. The first-order valence-corrected chi connectivity index (χ1v) is 14.6. The number of hydrogen-bond acceptors (Lipinski definition) is 8. The molecule has 4 rings (SSSR count). The van der Waals surface area contributed by atoms with Crippen molar-refractivity contribution in [2.75, 3.05) is 18.4 Å². The second kappa shape index (κ2) is 12.4. The van der Waals surface area contributed by atoms with E-state index in [1.165, 1.54) is 18.2 Å². The van der Waals surface area contributed by atoms with E-state index in [2.05, 4.69) is 25.7 Å². The highest BCUT2D eigenvalue weighted by molar-refractivity contribution is 7.89. The average Bonchev–Trinajstić information content (AvgIpc) is 3.50. The SMILES string of the molecule is Cc1nn(C(F)F)cc1S(=O)(=O)N1CCC(Nc2ncc([C@H]3CC[C@@H](OC(=O)N[C@@H](C)CC(F)(F)F)C3)cn2)CC1. The number of piperidine rings is 1. The predicted molar refractivity (Wildman–Crippen MR) is 136 cm³/mol. The van der Waals surface area contributed by atoms with Gasteiger partial charge in [-0.05, 0) is 57.4 Å². The number of nitrogens with zero attached hydrogens (tertiary/aromatic N) is 5. The quantitative estimate of drug-likeness (QED) is 0.402. The van der Waals surface area contributed by atoms with Crippen LogP contribution in [-0.2, 0) is 14.8 Å². The van der Waals surface area contributed by atoms with Crippen molar-refractivity contribution in [3.8, 4) is 0 Å². The highest BCUT2D eigenvalue weighted by Crippen LogP contribution is 2.36. The van der Waals surface area contributed by atoms with Crippen LogP contribution in [0.1, 0.15) is 69.2 Å². The van der Waals surface area contributed by atoms with Gasteiger partial charge in [0, 0.05) is 37.6 Å². The zero-order valence-corrected chi connectivity index (χ0v) is 23.3. The lowest BCUT2D eigenvalue weighted by atomic mass is 10.0. The molecule has 2 fully saturated rings. The lowest BCUT2D eigenvalue weighted by molar-refractivity contribution is -0.138. The number of amides is 1. The molecule has 3 atom stereocenters. The number of ether oxygens (including phenoxy) is 1. The number of rotatable bonds is 9. The average molecular weight is 610 g/mol. The van der Waals surface area contributed by atoms with Gasteiger partial charge in [0.1, 0.15) is 11.0 Å². The molecule has 228 valence electrons. The molecule has 1 aliphatic carbocycles. The summed E-state index contributed by atoms with van der Waals surface area (Å²) in [6.45, 7) is 0.0738. The molecule has 2 aromatic heterocycles. The van der Waals surface area contributed by atoms with Crippen molar-refractivity contribution in [3.63, 3.8) is 0 Å². The number of carbonyl (C=O) groups is 1. The maximum atomic E-state index is 13.0. The minimum Gasteiger partial charge on any atom is -0.446 e. The molecule has 1 amide bonds. The molecule has 41 heavy (non-hydrogen) atoms. The molecule has 1 saturated heterocycles. The summed E-state index contributed by atoms with van der Waals surface area (Å²) in [6.07, 6.45) is 0.0389. The third-order valence-electron chi connectivity index (χ3n) is 7.18. The van der Waals surface area contributed by atoms with Crippen LogP contribution in [-0.4, -0.2) is 76.0 Å². The van der Waals surface area contributed by atoms with Gasteiger partial charge in [-0.25, -0.2) is 27.9 Å². The third-order valence-corrected chi connectivity index (χ3v) is 9.18. The lowest BCUT2D eigenvalue weighted by Crippen LogP contribution is -2.42. The normalized spacial score (nSPS) is 21.7. The Hall–Kier alpha value is -3.08. The second-order valence-corrected chi connectivity index (χ2v) is 12.3. The van der Waals surface area contributed by atoms with Crippen LogP contribution >= 0.6 is 0 Å². The van der Waals surface area contributed by atoms with Crippen LogP contribution in [0.15, 0.2) is 23.5 Å². The van der Waals surface area contributed by atoms with Gasteiger partial charge >= 0.3 is 18.8 Å². The van der Waals surface area contributed by atoms with Gasteiger partial charge in [0.15, 0.2) is 0 Å². The Labute approximate surface area is 233 Å². The van der Waals surface area contributed by atoms with Crippen molar-refractivity contribution in [2.45, 2.75) is 94.1 Å². The molecule has 3 heterocycles. The molecule has 11 nitrogen and oxygen atoms in total. The van der Waals surface area contributed by atoms with E-state index in [1.807, 2.05) is 0 Å². The van der Waals surface area contributed by atoms with E-state index in [9.17, 15) is 35.2 Å². The Morgan fingerprint density at radius 1 is 1.15 bits per heavy atom. The fourth-order valence-corrected chi connectivity index (χ4v) is 6.76. The Morgan fingerprint density at radius 2 is 1.80 bits per heavy atom. The molecular weight excluding hydrogens is 577 g/mol. The van der Waals surface area contributed by atoms with Gasteiger partial charge in [-0.2, -0.15) is 31.4 Å². The van der Waals surface area contributed by atoms with Crippen LogP contribution in [0.2, 0.25) is 0 Å². The van der Waals surface area contributed by atoms with Crippen molar-refractivity contribution in [3.05, 3.63) is 29.8 Å². The minimum absolute atomic E-state index is 0.0120. The summed E-state index contributed by atoms with van der Waals surface area (Å²) in [5.41, 5.74) is 0.853. The Morgan fingerprint density at radius 3 is 2.39 bits per heavy atom. The predicted octanol–water partition coefficient (Wildman–Crippen LogP) is 4.35. The molecule has 2 aliphatic rings. The van der Waals surface area contributed by atoms with Gasteiger partial charge in [0.05, 0.1) is 18.3 Å². The van der Waals surface area contributed by atoms with E-state index in [0.717, 1.165) is 11.8 Å². The molecule has 1 saturated carbocycles. The van der Waals surface area contributed by atoms with E-state index in [1.54, 1.807) is 12.4 Å². The smallest absolute Gasteiger partial charge is 0.407 e. The van der Waals surface area contributed by atoms with E-state index in [-0.39, 0.29) is 35.6 Å². The van der Waals surface area contributed by atoms with Crippen LogP contribution in [0.5, 0.6) is 0 Å². The van der Waals surface area contributed by atoms with E-state index < -0.39 is 47.4 Å². The third kappa shape index (κ3) is 8.02. The fraction of sp³-hybridized carbons (Fsp3) is 0.667. The molecule has 0 spiro atoms. The molecule has 2 N–H and O–H groups in total. The standard InChI is InChI=1S/C24H32F5N7O4S/c1-14(10-24(27,28)29)32-23(37)40-19-4-3-16(9-19)17-11-30-22(31-12-17)33-18-5-7-35(8-6-18)41(38,39)20-13-36(21(25)26)34-15(20)2/h11-14,16,18-19,21H,3-10H2,1-2H3,(H,32,37)(H,30,31,33)/t14-,16-,19+/m0/s1. The monoisotopic (exact) mass is 609 g/mol. The van der Waals surface area contributed by atoms with Crippen LogP contribution in [0.3, 0.4) is 0 Å². The highest BCUT2D eigenvalue weighted by Gasteiger charge is 2.34. The first-order chi connectivity index (χ1) is 19.2. The van der Waals surface area contributed by atoms with Crippen molar-refractivity contribution in [1.82, 2.24) is 29.4 Å². The lowest BCUT2D eigenvalue weighted by Gasteiger charge is -2.31.